The van der Waals surface area contributed by atoms with E-state index in [0.717, 1.165) is 18.4 Å². The minimum absolute atomic E-state index is 0.131. The number of carbonyl (C=O) groups excluding carboxylic acids is 1. The number of rotatable bonds is 6. The van der Waals surface area contributed by atoms with Crippen molar-refractivity contribution in [2.24, 2.45) is 5.92 Å². The Labute approximate surface area is 86.3 Å². The van der Waals surface area contributed by atoms with Crippen LogP contribution in [0.2, 0.25) is 0 Å². The second kappa shape index (κ2) is 5.84. The molecule has 0 aliphatic heterocycles. The Bertz CT molecular complexity index is 214. The summed E-state index contributed by atoms with van der Waals surface area (Å²) in [4.78, 5) is 11.4. The highest BCUT2D eigenvalue weighted by Gasteiger charge is 2.21. The van der Waals surface area contributed by atoms with Gasteiger partial charge in [-0.2, -0.15) is 0 Å². The first-order valence-electron chi connectivity index (χ1n) is 5.57. The molecular formula is C12H20O2. The van der Waals surface area contributed by atoms with Gasteiger partial charge >= 0.3 is 5.97 Å². The molecule has 1 fully saturated rings. The van der Waals surface area contributed by atoms with Gasteiger partial charge in [0, 0.05) is 5.57 Å². The van der Waals surface area contributed by atoms with E-state index in [9.17, 15) is 4.79 Å². The number of hydrogen-bond acceptors (Lipinski definition) is 2. The summed E-state index contributed by atoms with van der Waals surface area (Å²) in [5, 5.41) is 0. The van der Waals surface area contributed by atoms with Crippen molar-refractivity contribution in [1.82, 2.24) is 0 Å². The van der Waals surface area contributed by atoms with Crippen LogP contribution in [0, 0.1) is 5.92 Å². The van der Waals surface area contributed by atoms with Crippen LogP contribution in [0.15, 0.2) is 11.6 Å². The molecule has 0 heterocycles. The molecule has 0 N–H and O–H groups in total. The molecule has 0 aromatic heterocycles. The predicted octanol–water partition coefficient (Wildman–Crippen LogP) is 3.08. The van der Waals surface area contributed by atoms with Crippen LogP contribution in [0.5, 0.6) is 0 Å². The summed E-state index contributed by atoms with van der Waals surface area (Å²) < 4.78 is 4.76. The average Bonchev–Trinajstić information content (AvgIpc) is 2.99. The molecule has 1 aliphatic rings. The largest absolute Gasteiger partial charge is 0.466 e. The molecule has 0 amide bonds. The minimum Gasteiger partial charge on any atom is -0.466 e. The van der Waals surface area contributed by atoms with Crippen LogP contribution in [0.25, 0.3) is 0 Å². The van der Waals surface area contributed by atoms with Gasteiger partial charge in [0.1, 0.15) is 0 Å². The number of carbonyl (C=O) groups is 1. The van der Waals surface area contributed by atoms with Crippen LogP contribution < -0.4 is 0 Å². The molecule has 0 saturated heterocycles. The summed E-state index contributed by atoms with van der Waals surface area (Å²) in [5.41, 5.74) is 0.892. The Hall–Kier alpha value is -0.790. The standard InChI is InChI=1S/C12H20O2/c1-3-4-5-6-11(12(13)14-2)9-10-7-8-10/h9-10H,3-8H2,1-2H3/b11-9+. The van der Waals surface area contributed by atoms with Crippen LogP contribution >= 0.6 is 0 Å². The molecule has 14 heavy (non-hydrogen) atoms. The van der Waals surface area contributed by atoms with Crippen molar-refractivity contribution < 1.29 is 9.53 Å². The monoisotopic (exact) mass is 196 g/mol. The van der Waals surface area contributed by atoms with E-state index in [-0.39, 0.29) is 5.97 Å². The third-order valence-electron chi connectivity index (χ3n) is 2.56. The SMILES string of the molecule is CCCCC/C(=C\C1CC1)C(=O)OC. The van der Waals surface area contributed by atoms with Gasteiger partial charge in [0.2, 0.25) is 0 Å². The predicted molar refractivity (Wildman–Crippen MR) is 57.0 cm³/mol. The summed E-state index contributed by atoms with van der Waals surface area (Å²) >= 11 is 0. The van der Waals surface area contributed by atoms with Gasteiger partial charge in [0.25, 0.3) is 0 Å². The summed E-state index contributed by atoms with van der Waals surface area (Å²) in [6, 6.07) is 0. The molecule has 1 rings (SSSR count). The topological polar surface area (TPSA) is 26.3 Å². The zero-order valence-electron chi connectivity index (χ0n) is 9.21. The van der Waals surface area contributed by atoms with Crippen LogP contribution in [0.4, 0.5) is 0 Å². The molecule has 2 heteroatoms. The third-order valence-corrected chi connectivity index (χ3v) is 2.56. The van der Waals surface area contributed by atoms with E-state index < -0.39 is 0 Å². The average molecular weight is 196 g/mol. The number of hydrogen-bond donors (Lipinski definition) is 0. The normalized spacial score (nSPS) is 16.9. The van der Waals surface area contributed by atoms with Crippen molar-refractivity contribution in [2.45, 2.75) is 45.4 Å². The maximum atomic E-state index is 11.4. The van der Waals surface area contributed by atoms with Crippen molar-refractivity contribution in [3.05, 3.63) is 11.6 Å². The van der Waals surface area contributed by atoms with Crippen LogP contribution in [-0.2, 0) is 9.53 Å². The summed E-state index contributed by atoms with van der Waals surface area (Å²) in [5.74, 6) is 0.527. The quantitative estimate of drug-likeness (QED) is 0.371. The van der Waals surface area contributed by atoms with Gasteiger partial charge < -0.3 is 4.74 Å². The van der Waals surface area contributed by atoms with Crippen LogP contribution in [-0.4, -0.2) is 13.1 Å². The molecule has 0 radical (unpaired) electrons. The van der Waals surface area contributed by atoms with Crippen molar-refractivity contribution in [2.75, 3.05) is 7.11 Å². The number of allylic oxidation sites excluding steroid dienone is 1. The minimum atomic E-state index is -0.131. The third kappa shape index (κ3) is 3.95. The van der Waals surface area contributed by atoms with E-state index in [1.54, 1.807) is 0 Å². The maximum Gasteiger partial charge on any atom is 0.333 e. The van der Waals surface area contributed by atoms with Crippen molar-refractivity contribution in [3.63, 3.8) is 0 Å². The second-order valence-corrected chi connectivity index (χ2v) is 3.98. The van der Waals surface area contributed by atoms with Crippen molar-refractivity contribution in [3.8, 4) is 0 Å². The molecular weight excluding hydrogens is 176 g/mol. The lowest BCUT2D eigenvalue weighted by Gasteiger charge is -2.04. The molecule has 1 aliphatic carbocycles. The van der Waals surface area contributed by atoms with Crippen molar-refractivity contribution in [1.29, 1.82) is 0 Å². The number of unbranched alkanes of at least 4 members (excludes halogenated alkanes) is 2. The lowest BCUT2D eigenvalue weighted by molar-refractivity contribution is -0.136. The number of ether oxygens (including phenoxy) is 1. The Balaban J connectivity index is 2.39. The van der Waals surface area contributed by atoms with E-state index in [1.807, 2.05) is 0 Å². The molecule has 2 nitrogen and oxygen atoms in total. The Kier molecular flexibility index (Phi) is 4.71. The molecule has 0 aromatic rings. The molecule has 0 spiro atoms. The van der Waals surface area contributed by atoms with E-state index in [2.05, 4.69) is 13.0 Å². The Morgan fingerprint density at radius 1 is 1.43 bits per heavy atom. The van der Waals surface area contributed by atoms with Crippen LogP contribution in [0.1, 0.15) is 45.4 Å². The zero-order valence-corrected chi connectivity index (χ0v) is 9.21. The maximum absolute atomic E-state index is 11.4. The van der Waals surface area contributed by atoms with Crippen LogP contribution in [0.3, 0.4) is 0 Å². The van der Waals surface area contributed by atoms with E-state index in [0.29, 0.717) is 5.92 Å². The van der Waals surface area contributed by atoms with E-state index >= 15 is 0 Å². The molecule has 0 unspecified atom stereocenters. The molecule has 80 valence electrons. The van der Waals surface area contributed by atoms with Gasteiger partial charge in [0.05, 0.1) is 7.11 Å². The van der Waals surface area contributed by atoms with Gasteiger partial charge in [-0.15, -0.1) is 0 Å². The fraction of sp³-hybridized carbons (Fsp3) is 0.750. The molecule has 1 saturated carbocycles. The molecule has 0 aromatic carbocycles. The van der Waals surface area contributed by atoms with Gasteiger partial charge in [0.15, 0.2) is 0 Å². The van der Waals surface area contributed by atoms with Gasteiger partial charge in [-0.25, -0.2) is 4.79 Å². The lowest BCUT2D eigenvalue weighted by Crippen LogP contribution is -2.05. The lowest BCUT2D eigenvalue weighted by atomic mass is 10.1. The summed E-state index contributed by atoms with van der Waals surface area (Å²) in [6.07, 6.45) is 8.97. The van der Waals surface area contributed by atoms with E-state index in [1.165, 1.54) is 32.8 Å². The Morgan fingerprint density at radius 3 is 2.64 bits per heavy atom. The smallest absolute Gasteiger partial charge is 0.333 e. The number of methoxy groups -OCH3 is 1. The van der Waals surface area contributed by atoms with Gasteiger partial charge in [-0.05, 0) is 31.6 Å². The summed E-state index contributed by atoms with van der Waals surface area (Å²) in [6.45, 7) is 2.17. The van der Waals surface area contributed by atoms with Crippen molar-refractivity contribution >= 4 is 5.97 Å². The fourth-order valence-electron chi connectivity index (χ4n) is 1.50. The molecule has 0 atom stereocenters. The fourth-order valence-corrected chi connectivity index (χ4v) is 1.50. The Morgan fingerprint density at radius 2 is 2.14 bits per heavy atom. The second-order valence-electron chi connectivity index (χ2n) is 3.98. The first-order chi connectivity index (χ1) is 6.77. The highest BCUT2D eigenvalue weighted by Crippen LogP contribution is 2.32. The van der Waals surface area contributed by atoms with Gasteiger partial charge in [-0.3, -0.25) is 0 Å². The van der Waals surface area contributed by atoms with E-state index in [4.69, 9.17) is 4.74 Å². The summed E-state index contributed by atoms with van der Waals surface area (Å²) in [7, 11) is 1.46. The highest BCUT2D eigenvalue weighted by molar-refractivity contribution is 5.88. The molecule has 0 bridgehead atoms. The first kappa shape index (κ1) is 11.3. The number of esters is 1. The zero-order chi connectivity index (χ0) is 10.4. The first-order valence-corrected chi connectivity index (χ1v) is 5.57. The highest BCUT2D eigenvalue weighted by atomic mass is 16.5. The van der Waals surface area contributed by atoms with Gasteiger partial charge in [-0.1, -0.05) is 25.8 Å².